The molecule has 3 aromatic rings. The minimum Gasteiger partial charge on any atom is -0.502 e. The predicted molar refractivity (Wildman–Crippen MR) is 116 cm³/mol. The molecule has 1 aliphatic heterocycles. The third-order valence-electron chi connectivity index (χ3n) is 5.58. The Kier molecular flexibility index (Phi) is 5.46. The summed E-state index contributed by atoms with van der Waals surface area (Å²) in [5.41, 5.74) is 1.32. The van der Waals surface area contributed by atoms with Gasteiger partial charge in [0.15, 0.2) is 0 Å². The van der Waals surface area contributed by atoms with Crippen molar-refractivity contribution < 1.29 is 23.4 Å². The Labute approximate surface area is 184 Å². The summed E-state index contributed by atoms with van der Waals surface area (Å²) in [4.78, 5) is 20.0. The molecule has 2 aromatic carbocycles. The molecule has 1 atom stereocenters. The molecule has 1 saturated carbocycles. The summed E-state index contributed by atoms with van der Waals surface area (Å²) in [6.45, 7) is 8.54. The first-order valence-electron chi connectivity index (χ1n) is 10.6. The SMILES string of the molecule is [C-]#[N+]c1cc2c(Oc3ccc(CC(=O)CC4CC4)c(F)c3)ccnc2cc1OC[C@H]1CO1. The van der Waals surface area contributed by atoms with Crippen LogP contribution in [0.1, 0.15) is 24.8 Å². The average Bonchev–Trinajstić information content (AvgIpc) is 3.70. The van der Waals surface area contributed by atoms with Crippen LogP contribution < -0.4 is 9.47 Å². The molecule has 0 spiro atoms. The Morgan fingerprint density at radius 3 is 2.78 bits per heavy atom. The van der Waals surface area contributed by atoms with Crippen LogP contribution in [0.3, 0.4) is 0 Å². The summed E-state index contributed by atoms with van der Waals surface area (Å²) < 4.78 is 31.4. The highest BCUT2D eigenvalue weighted by molar-refractivity contribution is 5.91. The van der Waals surface area contributed by atoms with E-state index in [4.69, 9.17) is 20.8 Å². The highest BCUT2D eigenvalue weighted by atomic mass is 19.1. The van der Waals surface area contributed by atoms with E-state index >= 15 is 0 Å². The molecule has 2 heterocycles. The summed E-state index contributed by atoms with van der Waals surface area (Å²) in [7, 11) is 0. The monoisotopic (exact) mass is 432 g/mol. The van der Waals surface area contributed by atoms with Gasteiger partial charge in [-0.15, -0.1) is 0 Å². The normalized spacial score (nSPS) is 17.1. The summed E-state index contributed by atoms with van der Waals surface area (Å²) >= 11 is 0. The minimum atomic E-state index is -0.468. The van der Waals surface area contributed by atoms with Crippen molar-refractivity contribution in [2.75, 3.05) is 13.2 Å². The Morgan fingerprint density at radius 1 is 1.22 bits per heavy atom. The zero-order valence-corrected chi connectivity index (χ0v) is 17.3. The number of aromatic nitrogens is 1. The van der Waals surface area contributed by atoms with Gasteiger partial charge in [0.25, 0.3) is 0 Å². The lowest BCUT2D eigenvalue weighted by Crippen LogP contribution is -2.05. The van der Waals surface area contributed by atoms with E-state index in [2.05, 4.69) is 9.83 Å². The summed E-state index contributed by atoms with van der Waals surface area (Å²) in [6.07, 6.45) is 4.49. The van der Waals surface area contributed by atoms with Gasteiger partial charge in [-0.3, -0.25) is 9.78 Å². The zero-order valence-electron chi connectivity index (χ0n) is 17.3. The van der Waals surface area contributed by atoms with Gasteiger partial charge < -0.3 is 14.2 Å². The van der Waals surface area contributed by atoms with Crippen molar-refractivity contribution in [3.8, 4) is 17.2 Å². The first kappa shape index (κ1) is 20.4. The molecule has 1 saturated heterocycles. The van der Waals surface area contributed by atoms with Crippen molar-refractivity contribution in [3.05, 3.63) is 65.4 Å². The number of pyridine rings is 1. The van der Waals surface area contributed by atoms with E-state index in [1.54, 1.807) is 36.5 Å². The smallest absolute Gasteiger partial charge is 0.229 e. The van der Waals surface area contributed by atoms with Gasteiger partial charge in [-0.05, 0) is 48.6 Å². The third kappa shape index (κ3) is 4.71. The Morgan fingerprint density at radius 2 is 2.06 bits per heavy atom. The largest absolute Gasteiger partial charge is 0.502 e. The van der Waals surface area contributed by atoms with Crippen LogP contribution in [0.15, 0.2) is 42.6 Å². The van der Waals surface area contributed by atoms with Crippen LogP contribution in [-0.2, 0) is 16.0 Å². The lowest BCUT2D eigenvalue weighted by atomic mass is 10.0. The van der Waals surface area contributed by atoms with Gasteiger partial charge in [-0.2, -0.15) is 0 Å². The lowest BCUT2D eigenvalue weighted by Gasteiger charge is -2.12. The van der Waals surface area contributed by atoms with Crippen molar-refractivity contribution >= 4 is 22.4 Å². The van der Waals surface area contributed by atoms with Crippen molar-refractivity contribution in [3.63, 3.8) is 0 Å². The Balaban J connectivity index is 1.36. The molecular formula is C25H21FN2O4. The van der Waals surface area contributed by atoms with E-state index in [0.29, 0.717) is 65.0 Å². The summed E-state index contributed by atoms with van der Waals surface area (Å²) in [5, 5.41) is 0.623. The number of nitrogens with zero attached hydrogens (tertiary/aromatic N) is 2. The number of hydrogen-bond acceptors (Lipinski definition) is 5. The lowest BCUT2D eigenvalue weighted by molar-refractivity contribution is -0.118. The summed E-state index contributed by atoms with van der Waals surface area (Å²) in [6, 6.07) is 9.56. The first-order chi connectivity index (χ1) is 15.6. The number of epoxide rings is 1. The van der Waals surface area contributed by atoms with E-state index in [1.807, 2.05) is 0 Å². The Hall–Kier alpha value is -3.50. The van der Waals surface area contributed by atoms with Gasteiger partial charge in [0, 0.05) is 30.5 Å². The molecule has 1 aliphatic carbocycles. The second kappa shape index (κ2) is 8.56. The van der Waals surface area contributed by atoms with Gasteiger partial charge in [-0.1, -0.05) is 6.07 Å². The maximum absolute atomic E-state index is 14.6. The number of hydrogen-bond donors (Lipinski definition) is 0. The molecular weight excluding hydrogens is 411 g/mol. The van der Waals surface area contributed by atoms with Crippen LogP contribution in [-0.4, -0.2) is 30.1 Å². The van der Waals surface area contributed by atoms with Crippen LogP contribution in [0.2, 0.25) is 0 Å². The van der Waals surface area contributed by atoms with Crippen molar-refractivity contribution in [1.29, 1.82) is 0 Å². The summed E-state index contributed by atoms with van der Waals surface area (Å²) in [5.74, 6) is 1.29. The van der Waals surface area contributed by atoms with Crippen LogP contribution in [0.25, 0.3) is 15.7 Å². The van der Waals surface area contributed by atoms with Gasteiger partial charge >= 0.3 is 0 Å². The zero-order chi connectivity index (χ0) is 22.1. The number of rotatable bonds is 9. The van der Waals surface area contributed by atoms with Crippen molar-refractivity contribution in [2.45, 2.75) is 31.8 Å². The maximum Gasteiger partial charge on any atom is 0.229 e. The van der Waals surface area contributed by atoms with E-state index in [0.717, 1.165) is 12.8 Å². The van der Waals surface area contributed by atoms with Gasteiger partial charge in [0.1, 0.15) is 41.6 Å². The van der Waals surface area contributed by atoms with Gasteiger partial charge in [0.05, 0.1) is 18.7 Å². The standard InChI is InChI=1S/C25H21FN2O4/c1-27-23-11-20-22(12-25(23)31-14-19-13-30-19)28-7-6-24(20)32-18-5-4-16(21(26)10-18)9-17(29)8-15-2-3-15/h4-7,10-12,15,19H,2-3,8-9,13-14H2/t19-/m1/s1. The molecule has 2 fully saturated rings. The number of Topliss-reactive ketones (excluding diaryl/α,β-unsaturated/α-hetero) is 1. The molecule has 0 N–H and O–H groups in total. The number of carbonyl (C=O) groups is 1. The second-order valence-electron chi connectivity index (χ2n) is 8.24. The number of carbonyl (C=O) groups excluding carboxylic acids is 1. The highest BCUT2D eigenvalue weighted by Gasteiger charge is 2.25. The first-order valence-corrected chi connectivity index (χ1v) is 10.6. The number of ketones is 1. The fourth-order valence-electron chi connectivity index (χ4n) is 3.57. The van der Waals surface area contributed by atoms with Crippen LogP contribution in [0.5, 0.6) is 17.2 Å². The van der Waals surface area contributed by atoms with E-state index in [1.165, 1.54) is 6.07 Å². The molecule has 1 aromatic heterocycles. The predicted octanol–water partition coefficient (Wildman–Crippen LogP) is 5.41. The average molecular weight is 432 g/mol. The van der Waals surface area contributed by atoms with Crippen LogP contribution in [0.4, 0.5) is 10.1 Å². The topological polar surface area (TPSA) is 65.3 Å². The second-order valence-corrected chi connectivity index (χ2v) is 8.24. The fraction of sp³-hybridized carbons (Fsp3) is 0.320. The quantitative estimate of drug-likeness (QED) is 0.334. The molecule has 0 bridgehead atoms. The number of halogens is 1. The van der Waals surface area contributed by atoms with E-state index in [9.17, 15) is 9.18 Å². The molecule has 162 valence electrons. The maximum atomic E-state index is 14.6. The number of ether oxygens (including phenoxy) is 3. The van der Waals surface area contributed by atoms with E-state index in [-0.39, 0.29) is 18.3 Å². The van der Waals surface area contributed by atoms with Gasteiger partial charge in [0.2, 0.25) is 5.69 Å². The molecule has 0 unspecified atom stereocenters. The fourth-order valence-corrected chi connectivity index (χ4v) is 3.57. The van der Waals surface area contributed by atoms with Gasteiger partial charge in [-0.25, -0.2) is 9.24 Å². The number of fused-ring (bicyclic) bond motifs is 1. The molecule has 0 radical (unpaired) electrons. The molecule has 7 heteroatoms. The Bertz CT molecular complexity index is 1230. The molecule has 2 aliphatic rings. The molecule has 6 nitrogen and oxygen atoms in total. The number of benzene rings is 2. The molecule has 0 amide bonds. The third-order valence-corrected chi connectivity index (χ3v) is 5.58. The van der Waals surface area contributed by atoms with Crippen LogP contribution in [0, 0.1) is 18.3 Å². The molecule has 32 heavy (non-hydrogen) atoms. The van der Waals surface area contributed by atoms with Crippen molar-refractivity contribution in [2.24, 2.45) is 5.92 Å². The van der Waals surface area contributed by atoms with Crippen LogP contribution >= 0.6 is 0 Å². The molecule has 5 rings (SSSR count). The van der Waals surface area contributed by atoms with Crippen molar-refractivity contribution in [1.82, 2.24) is 4.98 Å². The van der Waals surface area contributed by atoms with E-state index < -0.39 is 5.82 Å². The highest BCUT2D eigenvalue weighted by Crippen LogP contribution is 2.38. The minimum absolute atomic E-state index is 0.0677.